The molecule has 1 atom stereocenters. The first-order valence-electron chi connectivity index (χ1n) is 5.34. The molecule has 0 saturated carbocycles. The van der Waals surface area contributed by atoms with Gasteiger partial charge in [-0.1, -0.05) is 19.6 Å². The number of allylic oxidation sites excluding steroid dienone is 1. The molecule has 0 saturated heterocycles. The molecule has 0 aromatic heterocycles. The molecule has 0 fully saturated rings. The molecule has 17 heavy (non-hydrogen) atoms. The van der Waals surface area contributed by atoms with Crippen LogP contribution >= 0.6 is 0 Å². The summed E-state index contributed by atoms with van der Waals surface area (Å²) in [7, 11) is 3.21. The van der Waals surface area contributed by atoms with Gasteiger partial charge in [-0.2, -0.15) is 0 Å². The average molecular weight is 234 g/mol. The summed E-state index contributed by atoms with van der Waals surface area (Å²) in [5.41, 5.74) is 0.955. The number of benzene rings is 1. The van der Waals surface area contributed by atoms with Gasteiger partial charge < -0.3 is 14.2 Å². The van der Waals surface area contributed by atoms with E-state index in [1.165, 1.54) is 6.26 Å². The Morgan fingerprint density at radius 3 is 2.35 bits per heavy atom. The zero-order valence-corrected chi connectivity index (χ0v) is 10.5. The van der Waals surface area contributed by atoms with Gasteiger partial charge in [0.2, 0.25) is 0 Å². The molecule has 0 aliphatic rings. The molecule has 0 heterocycles. The van der Waals surface area contributed by atoms with Crippen molar-refractivity contribution < 1.29 is 14.2 Å². The van der Waals surface area contributed by atoms with E-state index in [0.717, 1.165) is 11.3 Å². The lowest BCUT2D eigenvalue weighted by Crippen LogP contribution is -1.99. The highest BCUT2D eigenvalue weighted by Crippen LogP contribution is 2.39. The normalized spacial score (nSPS) is 11.5. The minimum Gasteiger partial charge on any atom is -0.497 e. The Hall–Kier alpha value is -1.90. The molecule has 0 spiro atoms. The van der Waals surface area contributed by atoms with Gasteiger partial charge >= 0.3 is 0 Å². The second-order valence-corrected chi connectivity index (χ2v) is 3.56. The van der Waals surface area contributed by atoms with Crippen LogP contribution in [0.1, 0.15) is 18.4 Å². The Labute approximate surface area is 102 Å². The number of hydrogen-bond acceptors (Lipinski definition) is 3. The van der Waals surface area contributed by atoms with Crippen LogP contribution in [0.5, 0.6) is 17.2 Å². The van der Waals surface area contributed by atoms with Crippen molar-refractivity contribution in [1.29, 1.82) is 0 Å². The lowest BCUT2D eigenvalue weighted by atomic mass is 9.99. The highest BCUT2D eigenvalue weighted by molar-refractivity contribution is 5.54. The SMILES string of the molecule is C=COc1c(OC)cc(OC)cc1C(C)C=C. The third kappa shape index (κ3) is 2.81. The zero-order valence-electron chi connectivity index (χ0n) is 10.5. The standard InChI is InChI=1S/C14H18O3/c1-6-10(3)12-8-11(15-4)9-13(16-5)14(12)17-7-2/h6-10H,1-2H2,3-5H3. The maximum Gasteiger partial charge on any atom is 0.172 e. The highest BCUT2D eigenvalue weighted by atomic mass is 16.5. The van der Waals surface area contributed by atoms with Gasteiger partial charge in [-0.15, -0.1) is 6.58 Å². The number of methoxy groups -OCH3 is 2. The quantitative estimate of drug-likeness (QED) is 0.557. The molecule has 3 nitrogen and oxygen atoms in total. The Balaban J connectivity index is 3.39. The molecule has 1 aromatic rings. The van der Waals surface area contributed by atoms with E-state index < -0.39 is 0 Å². The van der Waals surface area contributed by atoms with Crippen LogP contribution in [0.15, 0.2) is 37.6 Å². The Kier molecular flexibility index (Phi) is 4.64. The molecule has 0 radical (unpaired) electrons. The molecule has 0 aliphatic carbocycles. The first kappa shape index (κ1) is 13.2. The Morgan fingerprint density at radius 1 is 1.18 bits per heavy atom. The Morgan fingerprint density at radius 2 is 1.88 bits per heavy atom. The van der Waals surface area contributed by atoms with E-state index in [9.17, 15) is 0 Å². The molecule has 3 heteroatoms. The fraction of sp³-hybridized carbons (Fsp3) is 0.286. The monoisotopic (exact) mass is 234 g/mol. The molecule has 1 rings (SSSR count). The van der Waals surface area contributed by atoms with Crippen LogP contribution in [0, 0.1) is 0 Å². The van der Waals surface area contributed by atoms with Crippen LogP contribution in [0.3, 0.4) is 0 Å². The zero-order chi connectivity index (χ0) is 12.8. The predicted molar refractivity (Wildman–Crippen MR) is 69.0 cm³/mol. The third-order valence-electron chi connectivity index (χ3n) is 2.56. The van der Waals surface area contributed by atoms with Crippen LogP contribution in [-0.4, -0.2) is 14.2 Å². The third-order valence-corrected chi connectivity index (χ3v) is 2.56. The largest absolute Gasteiger partial charge is 0.497 e. The molecule has 1 unspecified atom stereocenters. The fourth-order valence-electron chi connectivity index (χ4n) is 1.54. The molecule has 0 aliphatic heterocycles. The van der Waals surface area contributed by atoms with E-state index >= 15 is 0 Å². The van der Waals surface area contributed by atoms with Crippen molar-refractivity contribution in [3.8, 4) is 17.2 Å². The van der Waals surface area contributed by atoms with Gasteiger partial charge in [0.25, 0.3) is 0 Å². The topological polar surface area (TPSA) is 27.7 Å². The molecule has 0 amide bonds. The molecule has 0 N–H and O–H groups in total. The van der Waals surface area contributed by atoms with E-state index in [0.29, 0.717) is 11.5 Å². The maximum atomic E-state index is 5.42. The maximum absolute atomic E-state index is 5.42. The van der Waals surface area contributed by atoms with Crippen LogP contribution < -0.4 is 14.2 Å². The summed E-state index contributed by atoms with van der Waals surface area (Å²) < 4.78 is 15.9. The fourth-order valence-corrected chi connectivity index (χ4v) is 1.54. The Bertz CT molecular complexity index is 410. The summed E-state index contributed by atoms with van der Waals surface area (Å²) in [6.45, 7) is 9.38. The first-order valence-corrected chi connectivity index (χ1v) is 5.34. The molecule has 0 bridgehead atoms. The van der Waals surface area contributed by atoms with Gasteiger partial charge in [0.1, 0.15) is 5.75 Å². The van der Waals surface area contributed by atoms with Crippen LogP contribution in [-0.2, 0) is 0 Å². The van der Waals surface area contributed by atoms with Crippen molar-refractivity contribution in [3.05, 3.63) is 43.2 Å². The minimum absolute atomic E-state index is 0.133. The van der Waals surface area contributed by atoms with Crippen LogP contribution in [0.4, 0.5) is 0 Å². The van der Waals surface area contributed by atoms with Gasteiger partial charge in [-0.25, -0.2) is 0 Å². The van der Waals surface area contributed by atoms with Gasteiger partial charge in [0.15, 0.2) is 11.5 Å². The lowest BCUT2D eigenvalue weighted by molar-refractivity contribution is 0.365. The lowest BCUT2D eigenvalue weighted by Gasteiger charge is -2.17. The van der Waals surface area contributed by atoms with E-state index in [4.69, 9.17) is 14.2 Å². The molecule has 92 valence electrons. The van der Waals surface area contributed by atoms with Crippen LogP contribution in [0.25, 0.3) is 0 Å². The van der Waals surface area contributed by atoms with E-state index in [2.05, 4.69) is 13.2 Å². The molecular formula is C14H18O3. The summed E-state index contributed by atoms with van der Waals surface area (Å²) in [6.07, 6.45) is 3.22. The summed E-state index contributed by atoms with van der Waals surface area (Å²) in [6, 6.07) is 3.69. The van der Waals surface area contributed by atoms with Crippen molar-refractivity contribution >= 4 is 0 Å². The van der Waals surface area contributed by atoms with Crippen molar-refractivity contribution in [2.75, 3.05) is 14.2 Å². The summed E-state index contributed by atoms with van der Waals surface area (Å²) in [5.74, 6) is 2.12. The summed E-state index contributed by atoms with van der Waals surface area (Å²) in [5, 5.41) is 0. The molecular weight excluding hydrogens is 216 g/mol. The van der Waals surface area contributed by atoms with E-state index in [1.807, 2.05) is 19.1 Å². The van der Waals surface area contributed by atoms with Crippen LogP contribution in [0.2, 0.25) is 0 Å². The van der Waals surface area contributed by atoms with E-state index in [-0.39, 0.29) is 5.92 Å². The number of rotatable bonds is 6. The summed E-state index contributed by atoms with van der Waals surface area (Å²) >= 11 is 0. The second kappa shape index (κ2) is 5.99. The minimum atomic E-state index is 0.133. The van der Waals surface area contributed by atoms with Crippen molar-refractivity contribution in [1.82, 2.24) is 0 Å². The van der Waals surface area contributed by atoms with E-state index in [1.54, 1.807) is 20.3 Å². The predicted octanol–water partition coefficient (Wildman–Crippen LogP) is 3.52. The molecule has 1 aromatic carbocycles. The summed E-state index contributed by atoms with van der Waals surface area (Å²) in [4.78, 5) is 0. The van der Waals surface area contributed by atoms with Crippen molar-refractivity contribution in [2.45, 2.75) is 12.8 Å². The smallest absolute Gasteiger partial charge is 0.172 e. The highest BCUT2D eigenvalue weighted by Gasteiger charge is 2.16. The van der Waals surface area contributed by atoms with Gasteiger partial charge in [0, 0.05) is 17.5 Å². The first-order chi connectivity index (χ1) is 8.17. The van der Waals surface area contributed by atoms with Gasteiger partial charge in [-0.3, -0.25) is 0 Å². The van der Waals surface area contributed by atoms with Gasteiger partial charge in [-0.05, 0) is 6.07 Å². The number of ether oxygens (including phenoxy) is 3. The van der Waals surface area contributed by atoms with Crippen molar-refractivity contribution in [2.24, 2.45) is 0 Å². The number of hydrogen-bond donors (Lipinski definition) is 0. The van der Waals surface area contributed by atoms with Gasteiger partial charge in [0.05, 0.1) is 20.5 Å². The van der Waals surface area contributed by atoms with Crippen molar-refractivity contribution in [3.63, 3.8) is 0 Å². The second-order valence-electron chi connectivity index (χ2n) is 3.56. The average Bonchev–Trinajstić information content (AvgIpc) is 2.38.